The molecule has 1 heterocycles. The smallest absolute Gasteiger partial charge is 0.269 e. The molecule has 0 atom stereocenters. The number of carbonyl (C=O) groups is 2. The first-order chi connectivity index (χ1) is 11.6. The maximum atomic E-state index is 12.8. The van der Waals surface area contributed by atoms with E-state index in [-0.39, 0.29) is 11.3 Å². The minimum absolute atomic E-state index is 0.0243. The van der Waals surface area contributed by atoms with Gasteiger partial charge in [0.1, 0.15) is 11.3 Å². The number of halogens is 1. The maximum Gasteiger partial charge on any atom is 0.269 e. The van der Waals surface area contributed by atoms with Gasteiger partial charge in [-0.15, -0.1) is 0 Å². The van der Waals surface area contributed by atoms with Crippen molar-refractivity contribution in [2.45, 2.75) is 5.22 Å². The molecule has 0 bridgehead atoms. The first kappa shape index (κ1) is 16.0. The number of nitrogens with one attached hydrogen (secondary N) is 2. The van der Waals surface area contributed by atoms with E-state index in [2.05, 4.69) is 15.8 Å². The van der Waals surface area contributed by atoms with Gasteiger partial charge < -0.3 is 4.42 Å². The van der Waals surface area contributed by atoms with E-state index in [1.54, 1.807) is 6.07 Å². The van der Waals surface area contributed by atoms with Gasteiger partial charge in [-0.1, -0.05) is 23.9 Å². The van der Waals surface area contributed by atoms with Crippen LogP contribution in [0.2, 0.25) is 0 Å². The lowest BCUT2D eigenvalue weighted by molar-refractivity contribution is -0.119. The summed E-state index contributed by atoms with van der Waals surface area (Å²) in [7, 11) is 0. The molecule has 8 heteroatoms. The predicted octanol–water partition coefficient (Wildman–Crippen LogP) is 2.52. The van der Waals surface area contributed by atoms with Gasteiger partial charge in [0.05, 0.1) is 5.75 Å². The summed E-state index contributed by atoms with van der Waals surface area (Å²) >= 11 is 1.11. The Hall–Kier alpha value is -2.87. The molecular formula is C16H12FN3O3S. The average Bonchev–Trinajstić information content (AvgIpc) is 3.01. The Kier molecular flexibility index (Phi) is 4.76. The molecule has 0 aliphatic rings. The van der Waals surface area contributed by atoms with E-state index >= 15 is 0 Å². The molecule has 122 valence electrons. The minimum atomic E-state index is -0.532. The summed E-state index contributed by atoms with van der Waals surface area (Å²) in [5.41, 5.74) is 6.13. The number of hydrazine groups is 1. The van der Waals surface area contributed by atoms with Crippen LogP contribution in [-0.2, 0) is 4.79 Å². The molecule has 0 radical (unpaired) electrons. The molecule has 6 nitrogen and oxygen atoms in total. The number of hydrogen-bond donors (Lipinski definition) is 2. The second-order valence-corrected chi connectivity index (χ2v) is 5.67. The van der Waals surface area contributed by atoms with Gasteiger partial charge in [0.2, 0.25) is 5.91 Å². The molecule has 0 unspecified atom stereocenters. The van der Waals surface area contributed by atoms with Crippen LogP contribution in [0.15, 0.2) is 58.2 Å². The van der Waals surface area contributed by atoms with Crippen LogP contribution in [-0.4, -0.2) is 22.6 Å². The van der Waals surface area contributed by atoms with Crippen molar-refractivity contribution < 1.29 is 18.4 Å². The highest BCUT2D eigenvalue weighted by atomic mass is 32.2. The Labute approximate surface area is 140 Å². The van der Waals surface area contributed by atoms with Crippen LogP contribution in [0.4, 0.5) is 4.39 Å². The van der Waals surface area contributed by atoms with E-state index < -0.39 is 17.6 Å². The lowest BCUT2D eigenvalue weighted by atomic mass is 10.2. The van der Waals surface area contributed by atoms with Crippen molar-refractivity contribution in [2.24, 2.45) is 0 Å². The van der Waals surface area contributed by atoms with Gasteiger partial charge >= 0.3 is 0 Å². The number of para-hydroxylation sites is 2. The predicted molar refractivity (Wildman–Crippen MR) is 86.7 cm³/mol. The standard InChI is InChI=1S/C16H12FN3O3S/c17-11-7-5-10(6-8-11)15(22)20-19-14(21)9-24-16-18-12-3-1-2-4-13(12)23-16/h1-8H,9H2,(H,19,21)(H,20,22). The fraction of sp³-hybridized carbons (Fsp3) is 0.0625. The van der Waals surface area contributed by atoms with Crippen LogP contribution in [0.25, 0.3) is 11.1 Å². The average molecular weight is 345 g/mol. The van der Waals surface area contributed by atoms with Crippen LogP contribution in [0.3, 0.4) is 0 Å². The van der Waals surface area contributed by atoms with Crippen molar-refractivity contribution in [1.82, 2.24) is 15.8 Å². The second kappa shape index (κ2) is 7.14. The van der Waals surface area contributed by atoms with E-state index in [4.69, 9.17) is 4.42 Å². The van der Waals surface area contributed by atoms with Crippen molar-refractivity contribution in [3.63, 3.8) is 0 Å². The molecule has 2 N–H and O–H groups in total. The first-order valence-electron chi connectivity index (χ1n) is 6.95. The summed E-state index contributed by atoms with van der Waals surface area (Å²) in [4.78, 5) is 27.7. The SMILES string of the molecule is O=C(CSc1nc2ccccc2o1)NNC(=O)c1ccc(F)cc1. The van der Waals surface area contributed by atoms with Crippen molar-refractivity contribution in [3.05, 3.63) is 59.9 Å². The summed E-state index contributed by atoms with van der Waals surface area (Å²) in [6.45, 7) is 0. The van der Waals surface area contributed by atoms with Crippen LogP contribution < -0.4 is 10.9 Å². The fourth-order valence-electron chi connectivity index (χ4n) is 1.88. The van der Waals surface area contributed by atoms with Gasteiger partial charge in [0.25, 0.3) is 11.1 Å². The van der Waals surface area contributed by atoms with Gasteiger partial charge in [-0.25, -0.2) is 9.37 Å². The third-order valence-corrected chi connectivity index (χ3v) is 3.85. The van der Waals surface area contributed by atoms with Crippen molar-refractivity contribution in [2.75, 3.05) is 5.75 Å². The van der Waals surface area contributed by atoms with Crippen LogP contribution in [0.5, 0.6) is 0 Å². The molecule has 2 aromatic carbocycles. The van der Waals surface area contributed by atoms with Gasteiger partial charge in [0.15, 0.2) is 5.58 Å². The highest BCUT2D eigenvalue weighted by Crippen LogP contribution is 2.22. The van der Waals surface area contributed by atoms with Gasteiger partial charge in [0, 0.05) is 5.56 Å². The number of thioether (sulfide) groups is 1. The molecule has 0 saturated carbocycles. The number of amides is 2. The highest BCUT2D eigenvalue weighted by molar-refractivity contribution is 7.99. The molecule has 0 fully saturated rings. The third kappa shape index (κ3) is 3.90. The largest absolute Gasteiger partial charge is 0.431 e. The zero-order chi connectivity index (χ0) is 16.9. The van der Waals surface area contributed by atoms with Crippen molar-refractivity contribution >= 4 is 34.7 Å². The van der Waals surface area contributed by atoms with E-state index in [0.717, 1.165) is 11.8 Å². The number of nitrogens with zero attached hydrogens (tertiary/aromatic N) is 1. The van der Waals surface area contributed by atoms with E-state index in [1.807, 2.05) is 18.2 Å². The first-order valence-corrected chi connectivity index (χ1v) is 7.93. The Balaban J connectivity index is 1.48. The third-order valence-electron chi connectivity index (χ3n) is 3.02. The zero-order valence-electron chi connectivity index (χ0n) is 12.3. The van der Waals surface area contributed by atoms with E-state index in [1.165, 1.54) is 24.3 Å². The lowest BCUT2D eigenvalue weighted by Crippen LogP contribution is -2.42. The van der Waals surface area contributed by atoms with E-state index in [9.17, 15) is 14.0 Å². The van der Waals surface area contributed by atoms with E-state index in [0.29, 0.717) is 16.3 Å². The van der Waals surface area contributed by atoms with Crippen molar-refractivity contribution in [3.8, 4) is 0 Å². The van der Waals surface area contributed by atoms with Crippen molar-refractivity contribution in [1.29, 1.82) is 0 Å². The van der Waals surface area contributed by atoms with Crippen LogP contribution in [0.1, 0.15) is 10.4 Å². The Morgan fingerprint density at radius 3 is 2.58 bits per heavy atom. The summed E-state index contributed by atoms with van der Waals surface area (Å²) in [6, 6.07) is 12.3. The van der Waals surface area contributed by atoms with Crippen LogP contribution >= 0.6 is 11.8 Å². The van der Waals surface area contributed by atoms with Gasteiger partial charge in [-0.05, 0) is 36.4 Å². The number of hydrogen-bond acceptors (Lipinski definition) is 5. The lowest BCUT2D eigenvalue weighted by Gasteiger charge is -2.06. The normalized spacial score (nSPS) is 10.5. The molecule has 0 aliphatic heterocycles. The number of aromatic nitrogens is 1. The maximum absolute atomic E-state index is 12.8. The van der Waals surface area contributed by atoms with Crippen LogP contribution in [0, 0.1) is 5.82 Å². The second-order valence-electron chi connectivity index (χ2n) is 4.75. The molecule has 0 aliphatic carbocycles. The molecule has 0 spiro atoms. The summed E-state index contributed by atoms with van der Waals surface area (Å²) in [6.07, 6.45) is 0. The fourth-order valence-corrected chi connectivity index (χ4v) is 2.51. The Morgan fingerprint density at radius 1 is 1.08 bits per heavy atom. The summed E-state index contributed by atoms with van der Waals surface area (Å²) in [5, 5.41) is 0.371. The minimum Gasteiger partial charge on any atom is -0.431 e. The number of fused-ring (bicyclic) bond motifs is 1. The summed E-state index contributed by atoms with van der Waals surface area (Å²) < 4.78 is 18.3. The molecule has 24 heavy (non-hydrogen) atoms. The Morgan fingerprint density at radius 2 is 1.83 bits per heavy atom. The highest BCUT2D eigenvalue weighted by Gasteiger charge is 2.10. The molecule has 1 aromatic heterocycles. The van der Waals surface area contributed by atoms with Gasteiger partial charge in [-0.3, -0.25) is 20.4 Å². The summed E-state index contributed by atoms with van der Waals surface area (Å²) in [5.74, 6) is -1.37. The molecule has 0 saturated heterocycles. The number of rotatable bonds is 4. The topological polar surface area (TPSA) is 84.2 Å². The molecular weight excluding hydrogens is 333 g/mol. The molecule has 3 aromatic rings. The quantitative estimate of drug-likeness (QED) is 0.561. The zero-order valence-corrected chi connectivity index (χ0v) is 13.1. The van der Waals surface area contributed by atoms with Gasteiger partial charge in [-0.2, -0.15) is 0 Å². The Bertz CT molecular complexity index is 847. The molecule has 2 amide bonds. The number of carbonyl (C=O) groups excluding carboxylic acids is 2. The monoisotopic (exact) mass is 345 g/mol. The number of benzene rings is 2. The molecule has 3 rings (SSSR count). The number of oxazole rings is 1.